The summed E-state index contributed by atoms with van der Waals surface area (Å²) in [6.45, 7) is 0. The van der Waals surface area contributed by atoms with Crippen LogP contribution in [-0.2, 0) is 32.0 Å². The number of rotatable bonds is 14. The van der Waals surface area contributed by atoms with E-state index in [0.29, 0.717) is 6.04 Å². The number of hydrogen-bond acceptors (Lipinski definition) is 8. The Morgan fingerprint density at radius 2 is 1.11 bits per heavy atom. The number of benzene rings is 6. The zero-order valence-corrected chi connectivity index (χ0v) is 35.0. The van der Waals surface area contributed by atoms with E-state index in [1.54, 1.807) is 0 Å². The van der Waals surface area contributed by atoms with Gasteiger partial charge in [-0.2, -0.15) is 0 Å². The summed E-state index contributed by atoms with van der Waals surface area (Å²) in [4.78, 5) is 37.5. The summed E-state index contributed by atoms with van der Waals surface area (Å²) in [6, 6.07) is 47.5. The Morgan fingerprint density at radius 3 is 1.67 bits per heavy atom. The number of hydrogen-bond donors (Lipinski definition) is 6. The molecule has 6 aromatic rings. The van der Waals surface area contributed by atoms with Crippen LogP contribution in [0.1, 0.15) is 60.0 Å². The summed E-state index contributed by atoms with van der Waals surface area (Å²) in [7, 11) is 2.18. The number of quaternary nitrogens is 2. The summed E-state index contributed by atoms with van der Waals surface area (Å²) in [6.07, 6.45) is 1.76. The van der Waals surface area contributed by atoms with Crippen LogP contribution in [0.5, 0.6) is 0 Å². The minimum Gasteiger partial charge on any atom is -0.547 e. The van der Waals surface area contributed by atoms with E-state index in [4.69, 9.17) is 53.2 Å². The van der Waals surface area contributed by atoms with Gasteiger partial charge in [-0.05, 0) is 76.6 Å². The standard InChI is InChI=1S/C21H23N.C20H19Cl2N.C4H6O6.C2H2O4/c1-22-21(19-10-3-2-4-11-19)16-8-14-18-13-7-12-17-9-5-6-15-20(17)18;21-16-11-8-15(9-12-16)20(23)7-3-6-18-17-5-2-1-4-14(17)10-13-19(18)22;5-1(3(7)8)2(6)4(9)10;3-1(4)2(5)6/h2-7,9-13,15,21-22H,8,14,16H2,1H3;1-2,4-5,8-13,20H,3,6-7,23H2;1-2,5-6H,(H,7,8)(H,9,10);(H,3,4)(H,5,6). The van der Waals surface area contributed by atoms with Crippen LogP contribution in [0, 0.1) is 0 Å². The molecule has 0 spiro atoms. The Labute approximate surface area is 363 Å². The molecule has 0 aliphatic carbocycles. The van der Waals surface area contributed by atoms with E-state index in [1.807, 2.05) is 18.2 Å². The molecule has 12 nitrogen and oxygen atoms in total. The summed E-state index contributed by atoms with van der Waals surface area (Å²) >= 11 is 12.4. The molecule has 0 saturated heterocycles. The molecule has 14 heteroatoms. The van der Waals surface area contributed by atoms with Crippen molar-refractivity contribution in [3.8, 4) is 0 Å². The van der Waals surface area contributed by atoms with Crippen molar-refractivity contribution in [2.24, 2.45) is 0 Å². The highest BCUT2D eigenvalue weighted by Crippen LogP contribution is 2.29. The lowest BCUT2D eigenvalue weighted by atomic mass is 9.96. The van der Waals surface area contributed by atoms with Gasteiger partial charge in [-0.3, -0.25) is 0 Å². The average molecular weight is 874 g/mol. The number of aliphatic carboxylic acids is 4. The fourth-order valence-corrected chi connectivity index (χ4v) is 6.88. The molecule has 0 amide bonds. The third kappa shape index (κ3) is 16.3. The van der Waals surface area contributed by atoms with Crippen molar-refractivity contribution in [2.75, 3.05) is 7.05 Å². The second kappa shape index (κ2) is 25.7. The molecule has 6 rings (SSSR count). The molecular formula is C47H50Cl2N2O10. The second-order valence-corrected chi connectivity index (χ2v) is 14.8. The van der Waals surface area contributed by atoms with Gasteiger partial charge in [0, 0.05) is 34.0 Å². The number of carbonyl (C=O) groups excluding carboxylic acids is 2. The minimum atomic E-state index is -2.44. The molecule has 4 atom stereocenters. The summed E-state index contributed by atoms with van der Waals surface area (Å²) in [5.74, 6) is -7.77. The number of carbonyl (C=O) groups is 4. The lowest BCUT2D eigenvalue weighted by Crippen LogP contribution is -2.80. The highest BCUT2D eigenvalue weighted by molar-refractivity contribution is 6.32. The molecule has 0 aromatic heterocycles. The number of carboxylic acid groups (broad SMARTS) is 4. The molecular weight excluding hydrogens is 823 g/mol. The molecule has 322 valence electrons. The van der Waals surface area contributed by atoms with E-state index in [2.05, 4.69) is 133 Å². The van der Waals surface area contributed by atoms with Gasteiger partial charge in [-0.1, -0.05) is 138 Å². The topological polar surface area (TPSA) is 240 Å². The molecule has 0 saturated carbocycles. The van der Waals surface area contributed by atoms with Crippen molar-refractivity contribution in [1.29, 1.82) is 0 Å². The van der Waals surface area contributed by atoms with Gasteiger partial charge in [0.15, 0.2) is 0 Å². The fraction of sp³-hybridized carbons (Fsp3) is 0.234. The van der Waals surface area contributed by atoms with Gasteiger partial charge >= 0.3 is 11.9 Å². The Kier molecular flexibility index (Phi) is 20.8. The first kappa shape index (κ1) is 49.5. The summed E-state index contributed by atoms with van der Waals surface area (Å²) in [5.41, 5.74) is 9.66. The van der Waals surface area contributed by atoms with Crippen LogP contribution >= 0.6 is 23.2 Å². The first-order valence-electron chi connectivity index (χ1n) is 19.4. The molecule has 0 bridgehead atoms. The van der Waals surface area contributed by atoms with Crippen LogP contribution in [0.15, 0.2) is 133 Å². The first-order valence-corrected chi connectivity index (χ1v) is 20.2. The third-order valence-electron chi connectivity index (χ3n) is 9.74. The molecule has 0 radical (unpaired) electrons. The van der Waals surface area contributed by atoms with Gasteiger partial charge in [0.1, 0.15) is 24.3 Å². The molecule has 61 heavy (non-hydrogen) atoms. The Balaban J connectivity index is 0.000000243. The maximum atomic E-state index is 9.63. The smallest absolute Gasteiger partial charge is 0.414 e. The monoisotopic (exact) mass is 872 g/mol. The van der Waals surface area contributed by atoms with Gasteiger partial charge in [-0.25, -0.2) is 9.59 Å². The predicted molar refractivity (Wildman–Crippen MR) is 230 cm³/mol. The molecule has 9 N–H and O–H groups in total. The van der Waals surface area contributed by atoms with Gasteiger partial charge < -0.3 is 51.3 Å². The summed E-state index contributed by atoms with van der Waals surface area (Å²) in [5, 5.41) is 59.7. The Morgan fingerprint density at radius 1 is 0.607 bits per heavy atom. The lowest BCUT2D eigenvalue weighted by Gasteiger charge is -2.18. The Hall–Kier alpha value is -5.86. The third-order valence-corrected chi connectivity index (χ3v) is 10.3. The van der Waals surface area contributed by atoms with E-state index in [1.165, 1.54) is 56.6 Å². The number of nitrogens with two attached hydrogens (primary N) is 1. The second-order valence-electron chi connectivity index (χ2n) is 13.9. The number of aryl methyl sites for hydroxylation is 2. The fourth-order valence-electron chi connectivity index (χ4n) is 6.50. The van der Waals surface area contributed by atoms with Crippen LogP contribution in [0.4, 0.5) is 0 Å². The first-order chi connectivity index (χ1) is 29.1. The number of halogens is 2. The Bertz CT molecular complexity index is 2290. The van der Waals surface area contributed by atoms with E-state index >= 15 is 0 Å². The maximum absolute atomic E-state index is 9.63. The van der Waals surface area contributed by atoms with E-state index in [-0.39, 0.29) is 6.04 Å². The van der Waals surface area contributed by atoms with Crippen molar-refractivity contribution in [1.82, 2.24) is 0 Å². The summed E-state index contributed by atoms with van der Waals surface area (Å²) < 4.78 is 0. The highest BCUT2D eigenvalue weighted by Gasteiger charge is 2.18. The quantitative estimate of drug-likeness (QED) is 0.0863. The number of aliphatic hydroxyl groups excluding tert-OH is 2. The van der Waals surface area contributed by atoms with E-state index < -0.39 is 36.1 Å². The number of aliphatic hydroxyl groups is 2. The van der Waals surface area contributed by atoms with Gasteiger partial charge in [-0.15, -0.1) is 0 Å². The normalized spacial score (nSPS) is 12.5. The maximum Gasteiger partial charge on any atom is 0.414 e. The minimum absolute atomic E-state index is 0.279. The number of carboxylic acids is 4. The SMILES string of the molecule is C[NH2+]C(CCCc1cccc2ccccc12)c1ccccc1.O=C(O)C(=O)O.O=C([O-])C(O)C(O)C(=O)[O-].[NH3+]C(CCCc1c(Cl)ccc2ccccc12)c1ccc(Cl)cc1. The molecule has 6 aromatic carbocycles. The van der Waals surface area contributed by atoms with E-state index in [9.17, 15) is 19.8 Å². The molecule has 0 heterocycles. The van der Waals surface area contributed by atoms with Gasteiger partial charge in [0.25, 0.3) is 0 Å². The predicted octanol–water partition coefficient (Wildman–Crippen LogP) is 3.91. The van der Waals surface area contributed by atoms with Crippen LogP contribution < -0.4 is 21.3 Å². The van der Waals surface area contributed by atoms with Gasteiger partial charge in [0.2, 0.25) is 0 Å². The van der Waals surface area contributed by atoms with Crippen molar-refractivity contribution in [2.45, 2.75) is 62.8 Å². The molecule has 0 aliphatic rings. The molecule has 0 aliphatic heterocycles. The van der Waals surface area contributed by atoms with E-state index in [0.717, 1.165) is 35.7 Å². The van der Waals surface area contributed by atoms with Crippen LogP contribution in [-0.4, -0.2) is 63.6 Å². The van der Waals surface area contributed by atoms with Gasteiger partial charge in [0.05, 0.1) is 19.0 Å². The molecule has 4 unspecified atom stereocenters. The van der Waals surface area contributed by atoms with Crippen LogP contribution in [0.3, 0.4) is 0 Å². The lowest BCUT2D eigenvalue weighted by molar-refractivity contribution is -0.671. The van der Waals surface area contributed by atoms with Crippen molar-refractivity contribution >= 4 is 68.6 Å². The zero-order valence-electron chi connectivity index (χ0n) is 33.5. The van der Waals surface area contributed by atoms with Crippen molar-refractivity contribution < 1.29 is 60.9 Å². The zero-order chi connectivity index (χ0) is 44.9. The van der Waals surface area contributed by atoms with Crippen LogP contribution in [0.2, 0.25) is 10.0 Å². The molecule has 0 fully saturated rings. The average Bonchev–Trinajstić information content (AvgIpc) is 3.26. The number of fused-ring (bicyclic) bond motifs is 2. The highest BCUT2D eigenvalue weighted by atomic mass is 35.5. The van der Waals surface area contributed by atoms with Crippen molar-refractivity contribution in [3.05, 3.63) is 166 Å². The largest absolute Gasteiger partial charge is 0.547 e. The van der Waals surface area contributed by atoms with Crippen LogP contribution in [0.25, 0.3) is 21.5 Å². The van der Waals surface area contributed by atoms with Crippen molar-refractivity contribution in [3.63, 3.8) is 0 Å².